The molecule has 2 aromatic rings. The molecule has 4 nitrogen and oxygen atoms in total. The van der Waals surface area contributed by atoms with E-state index in [0.29, 0.717) is 17.8 Å². The van der Waals surface area contributed by atoms with Crippen LogP contribution < -0.4 is 5.32 Å². The van der Waals surface area contributed by atoms with Crippen molar-refractivity contribution in [2.45, 2.75) is 27.7 Å². The fraction of sp³-hybridized carbons (Fsp3) is 0.300. The lowest BCUT2D eigenvalue weighted by Gasteiger charge is -2.17. The molecule has 1 aromatic heterocycles. The summed E-state index contributed by atoms with van der Waals surface area (Å²) in [6, 6.07) is 9.69. The van der Waals surface area contributed by atoms with Gasteiger partial charge in [0.05, 0.1) is 5.57 Å². The Morgan fingerprint density at radius 2 is 1.84 bits per heavy atom. The number of hydrogen-bond acceptors (Lipinski definition) is 4. The Morgan fingerprint density at radius 1 is 1.08 bits per heavy atom. The van der Waals surface area contributed by atoms with Crippen LogP contribution in [0.1, 0.15) is 29.9 Å². The average Bonchev–Trinajstić information content (AvgIpc) is 3.15. The maximum Gasteiger partial charge on any atom is 0.278 e. The molecule has 0 bridgehead atoms. The highest BCUT2D eigenvalue weighted by Crippen LogP contribution is 2.34. The highest BCUT2D eigenvalue weighted by atomic mass is 32.1. The molecule has 0 radical (unpaired) electrons. The minimum atomic E-state index is -0.247. The zero-order valence-corrected chi connectivity index (χ0v) is 15.7. The first kappa shape index (κ1) is 17.4. The number of nitrogens with zero attached hydrogens (tertiary/aromatic N) is 1. The van der Waals surface area contributed by atoms with Gasteiger partial charge in [0.2, 0.25) is 0 Å². The first-order valence-electron chi connectivity index (χ1n) is 8.37. The van der Waals surface area contributed by atoms with Gasteiger partial charge in [-0.1, -0.05) is 32.0 Å². The first-order valence-corrected chi connectivity index (χ1v) is 9.25. The van der Waals surface area contributed by atoms with Crippen LogP contribution in [-0.2, 0) is 9.59 Å². The molecular weight excluding hydrogens is 332 g/mol. The van der Waals surface area contributed by atoms with Crippen molar-refractivity contribution in [2.24, 2.45) is 5.92 Å². The summed E-state index contributed by atoms with van der Waals surface area (Å²) in [6.07, 6.45) is 0. The van der Waals surface area contributed by atoms with E-state index in [1.165, 1.54) is 16.2 Å². The Hall–Kier alpha value is -2.40. The van der Waals surface area contributed by atoms with Crippen molar-refractivity contribution in [2.75, 3.05) is 11.9 Å². The van der Waals surface area contributed by atoms with Gasteiger partial charge in [-0.15, -0.1) is 11.3 Å². The number of aryl methyl sites for hydroxylation is 1. The van der Waals surface area contributed by atoms with Crippen molar-refractivity contribution in [3.05, 3.63) is 57.4 Å². The molecule has 0 atom stereocenters. The predicted octanol–water partition coefficient (Wildman–Crippen LogP) is 4.21. The summed E-state index contributed by atoms with van der Waals surface area (Å²) in [5, 5.41) is 5.16. The third-order valence-electron chi connectivity index (χ3n) is 4.35. The van der Waals surface area contributed by atoms with E-state index in [1.807, 2.05) is 63.4 Å². The number of thiophene rings is 1. The van der Waals surface area contributed by atoms with Crippen molar-refractivity contribution in [3.8, 4) is 0 Å². The highest BCUT2D eigenvalue weighted by molar-refractivity contribution is 7.11. The van der Waals surface area contributed by atoms with E-state index in [-0.39, 0.29) is 17.7 Å². The molecule has 1 aliphatic heterocycles. The molecule has 1 aliphatic rings. The van der Waals surface area contributed by atoms with E-state index in [4.69, 9.17) is 0 Å². The van der Waals surface area contributed by atoms with Gasteiger partial charge in [0.25, 0.3) is 11.8 Å². The zero-order chi connectivity index (χ0) is 18.1. The second-order valence-corrected chi connectivity index (χ2v) is 7.66. The van der Waals surface area contributed by atoms with Crippen LogP contribution in [0.3, 0.4) is 0 Å². The first-order chi connectivity index (χ1) is 11.9. The molecule has 5 heteroatoms. The van der Waals surface area contributed by atoms with Crippen LogP contribution in [0.15, 0.2) is 41.4 Å². The number of hydrogen-bond donors (Lipinski definition) is 1. The van der Waals surface area contributed by atoms with E-state index < -0.39 is 0 Å². The minimum Gasteiger partial charge on any atom is -0.350 e. The van der Waals surface area contributed by atoms with Crippen molar-refractivity contribution in [1.82, 2.24) is 4.90 Å². The third-order valence-corrected chi connectivity index (χ3v) is 5.23. The average molecular weight is 354 g/mol. The second-order valence-electron chi connectivity index (χ2n) is 6.71. The molecule has 1 N–H and O–H groups in total. The number of carbonyl (C=O) groups excluding carboxylic acids is 2. The van der Waals surface area contributed by atoms with Crippen molar-refractivity contribution < 1.29 is 9.59 Å². The largest absolute Gasteiger partial charge is 0.350 e. The monoisotopic (exact) mass is 354 g/mol. The normalized spacial score (nSPS) is 14.8. The summed E-state index contributed by atoms with van der Waals surface area (Å²) in [7, 11) is 0. The molecule has 0 saturated carbocycles. The molecule has 0 unspecified atom stereocenters. The van der Waals surface area contributed by atoms with Crippen LogP contribution in [0.2, 0.25) is 0 Å². The summed E-state index contributed by atoms with van der Waals surface area (Å²) in [6.45, 7) is 8.46. The van der Waals surface area contributed by atoms with Gasteiger partial charge in [-0.05, 0) is 48.4 Å². The second kappa shape index (κ2) is 6.84. The Labute approximate surface area is 152 Å². The van der Waals surface area contributed by atoms with Crippen LogP contribution in [-0.4, -0.2) is 23.3 Å². The number of rotatable bonds is 5. The van der Waals surface area contributed by atoms with Crippen LogP contribution in [0, 0.1) is 19.8 Å². The molecule has 3 rings (SSSR count). The lowest BCUT2D eigenvalue weighted by Crippen LogP contribution is -2.35. The summed E-state index contributed by atoms with van der Waals surface area (Å²) in [4.78, 5) is 28.0. The topological polar surface area (TPSA) is 49.4 Å². The van der Waals surface area contributed by atoms with Gasteiger partial charge in [0, 0.05) is 17.1 Å². The van der Waals surface area contributed by atoms with Gasteiger partial charge >= 0.3 is 0 Å². The fourth-order valence-corrected chi connectivity index (χ4v) is 3.66. The molecule has 1 aromatic carbocycles. The highest BCUT2D eigenvalue weighted by Gasteiger charge is 2.39. The number of amides is 2. The summed E-state index contributed by atoms with van der Waals surface area (Å²) in [5.74, 6) is -0.241. The van der Waals surface area contributed by atoms with Gasteiger partial charge in [-0.3, -0.25) is 14.5 Å². The Kier molecular flexibility index (Phi) is 4.77. The van der Waals surface area contributed by atoms with Gasteiger partial charge in [0.1, 0.15) is 5.70 Å². The smallest absolute Gasteiger partial charge is 0.278 e. The van der Waals surface area contributed by atoms with Gasteiger partial charge < -0.3 is 5.32 Å². The summed E-state index contributed by atoms with van der Waals surface area (Å²) in [5.41, 5.74) is 3.92. The summed E-state index contributed by atoms with van der Waals surface area (Å²) >= 11 is 1.47. The molecule has 2 heterocycles. The Bertz CT molecular complexity index is 851. The minimum absolute atomic E-state index is 0.214. The molecule has 0 fully saturated rings. The number of carbonyl (C=O) groups is 2. The molecule has 0 aliphatic carbocycles. The SMILES string of the molecule is Cc1cccc(NC2=C(c3cccs3)C(=O)N(CC(C)C)C2=O)c1C. The van der Waals surface area contributed by atoms with Gasteiger partial charge in [0.15, 0.2) is 0 Å². The lowest BCUT2D eigenvalue weighted by atomic mass is 10.1. The van der Waals surface area contributed by atoms with E-state index in [0.717, 1.165) is 21.7 Å². The van der Waals surface area contributed by atoms with Crippen molar-refractivity contribution >= 4 is 34.4 Å². The third kappa shape index (κ3) is 3.24. The van der Waals surface area contributed by atoms with Gasteiger partial charge in [-0.25, -0.2) is 0 Å². The number of imide groups is 1. The maximum atomic E-state index is 12.9. The summed E-state index contributed by atoms with van der Waals surface area (Å²) < 4.78 is 0. The number of nitrogens with one attached hydrogen (secondary N) is 1. The zero-order valence-electron chi connectivity index (χ0n) is 14.9. The molecule has 0 spiro atoms. The maximum absolute atomic E-state index is 12.9. The standard InChI is InChI=1S/C20H22N2O2S/c1-12(2)11-22-19(23)17(16-9-6-10-25-16)18(20(22)24)21-15-8-5-7-13(3)14(15)4/h5-10,12,21H,11H2,1-4H3. The molecule has 25 heavy (non-hydrogen) atoms. The Morgan fingerprint density at radius 3 is 2.48 bits per heavy atom. The van der Waals surface area contributed by atoms with Gasteiger partial charge in [-0.2, -0.15) is 0 Å². The fourth-order valence-electron chi connectivity index (χ4n) is 2.89. The van der Waals surface area contributed by atoms with Crippen LogP contribution in [0.25, 0.3) is 5.57 Å². The molecule has 130 valence electrons. The van der Waals surface area contributed by atoms with Crippen molar-refractivity contribution in [1.29, 1.82) is 0 Å². The van der Waals surface area contributed by atoms with Crippen LogP contribution >= 0.6 is 11.3 Å². The van der Waals surface area contributed by atoms with E-state index in [1.54, 1.807) is 0 Å². The quantitative estimate of drug-likeness (QED) is 0.818. The molecular formula is C20H22N2O2S. The molecule has 0 saturated heterocycles. The predicted molar refractivity (Wildman–Crippen MR) is 102 cm³/mol. The van der Waals surface area contributed by atoms with E-state index in [2.05, 4.69) is 5.32 Å². The molecule has 2 amide bonds. The van der Waals surface area contributed by atoms with E-state index >= 15 is 0 Å². The van der Waals surface area contributed by atoms with Crippen LogP contribution in [0.4, 0.5) is 5.69 Å². The number of benzene rings is 1. The van der Waals surface area contributed by atoms with Crippen LogP contribution in [0.5, 0.6) is 0 Å². The van der Waals surface area contributed by atoms with Crippen molar-refractivity contribution in [3.63, 3.8) is 0 Å². The lowest BCUT2D eigenvalue weighted by molar-refractivity contribution is -0.137. The Balaban J connectivity index is 2.06. The van der Waals surface area contributed by atoms with E-state index in [9.17, 15) is 9.59 Å². The number of anilines is 1.